The molecule has 0 radical (unpaired) electrons. The standard InChI is InChI=1S/C33H20N2/c1-3-11-21-19(9-1)17-26-29(21)30-22-12-4-2-10-20(22)18-27(30)32-31(26)34-33-25-15-6-5-13-23(25)24-14-7-8-16-28(24)35(32)33/h1-16H,17-18H2. The average molecular weight is 445 g/mol. The summed E-state index contributed by atoms with van der Waals surface area (Å²) in [5.41, 5.74) is 16.0. The molecule has 7 aromatic rings. The zero-order valence-electron chi connectivity index (χ0n) is 19.0. The first kappa shape index (κ1) is 18.0. The Balaban J connectivity index is 1.59. The predicted octanol–water partition coefficient (Wildman–Crippen LogP) is 7.94. The van der Waals surface area contributed by atoms with Crippen LogP contribution in [0.4, 0.5) is 0 Å². The minimum atomic E-state index is 0.942. The van der Waals surface area contributed by atoms with Crippen molar-refractivity contribution in [3.63, 3.8) is 0 Å². The van der Waals surface area contributed by atoms with Crippen molar-refractivity contribution in [1.29, 1.82) is 0 Å². The smallest absolute Gasteiger partial charge is 0.146 e. The lowest BCUT2D eigenvalue weighted by Crippen LogP contribution is -1.96. The molecule has 9 rings (SSSR count). The molecular weight excluding hydrogens is 424 g/mol. The van der Waals surface area contributed by atoms with Crippen LogP contribution in [0.2, 0.25) is 0 Å². The molecule has 35 heavy (non-hydrogen) atoms. The van der Waals surface area contributed by atoms with E-state index < -0.39 is 0 Å². The maximum absolute atomic E-state index is 5.45. The van der Waals surface area contributed by atoms with E-state index in [9.17, 15) is 0 Å². The Kier molecular flexibility index (Phi) is 3.16. The van der Waals surface area contributed by atoms with E-state index in [2.05, 4.69) is 101 Å². The molecule has 0 amide bonds. The monoisotopic (exact) mass is 444 g/mol. The Hall–Kier alpha value is -4.43. The van der Waals surface area contributed by atoms with Crippen molar-refractivity contribution < 1.29 is 0 Å². The van der Waals surface area contributed by atoms with Crippen LogP contribution in [0.25, 0.3) is 60.6 Å². The average Bonchev–Trinajstić information content (AvgIpc) is 3.60. The molecule has 2 heterocycles. The fraction of sp³-hybridized carbons (Fsp3) is 0.0606. The van der Waals surface area contributed by atoms with Crippen LogP contribution in [0.15, 0.2) is 97.1 Å². The number of nitrogens with zero attached hydrogens (tertiary/aromatic N) is 2. The minimum Gasteiger partial charge on any atom is -0.291 e. The fourth-order valence-corrected chi connectivity index (χ4v) is 6.83. The Morgan fingerprint density at radius 1 is 0.543 bits per heavy atom. The number of imidazole rings is 1. The van der Waals surface area contributed by atoms with E-state index in [4.69, 9.17) is 4.98 Å². The van der Waals surface area contributed by atoms with Crippen LogP contribution in [0.3, 0.4) is 0 Å². The summed E-state index contributed by atoms with van der Waals surface area (Å²) >= 11 is 0. The SMILES string of the molecule is c1ccc2c(c1)Cc1c-2c2c(c3c1nc1c4ccccc4c4ccccc4n13)Cc1ccccc1-2. The number of hydrogen-bond acceptors (Lipinski definition) is 1. The topological polar surface area (TPSA) is 17.3 Å². The van der Waals surface area contributed by atoms with Gasteiger partial charge in [-0.2, -0.15) is 0 Å². The maximum atomic E-state index is 5.45. The summed E-state index contributed by atoms with van der Waals surface area (Å²) < 4.78 is 2.46. The van der Waals surface area contributed by atoms with Crippen LogP contribution in [-0.4, -0.2) is 9.38 Å². The first-order valence-electron chi connectivity index (χ1n) is 12.3. The number of para-hydroxylation sites is 1. The zero-order chi connectivity index (χ0) is 22.7. The van der Waals surface area contributed by atoms with Crippen LogP contribution in [0.5, 0.6) is 0 Å². The second-order valence-electron chi connectivity index (χ2n) is 9.91. The summed E-state index contributed by atoms with van der Waals surface area (Å²) in [4.78, 5) is 5.45. The second-order valence-corrected chi connectivity index (χ2v) is 9.91. The molecule has 162 valence electrons. The lowest BCUT2D eigenvalue weighted by molar-refractivity contribution is 1.23. The van der Waals surface area contributed by atoms with E-state index in [0.29, 0.717) is 0 Å². The van der Waals surface area contributed by atoms with Gasteiger partial charge < -0.3 is 0 Å². The van der Waals surface area contributed by atoms with Gasteiger partial charge in [-0.15, -0.1) is 0 Å². The van der Waals surface area contributed by atoms with E-state index >= 15 is 0 Å². The van der Waals surface area contributed by atoms with Crippen molar-refractivity contribution in [2.75, 3.05) is 0 Å². The molecule has 0 unspecified atom stereocenters. The summed E-state index contributed by atoms with van der Waals surface area (Å²) in [5.74, 6) is 0. The van der Waals surface area contributed by atoms with Gasteiger partial charge in [-0.1, -0.05) is 91.0 Å². The largest absolute Gasteiger partial charge is 0.291 e. The quantitative estimate of drug-likeness (QED) is 0.217. The summed E-state index contributed by atoms with van der Waals surface area (Å²) in [6.07, 6.45) is 1.89. The molecule has 2 nitrogen and oxygen atoms in total. The van der Waals surface area contributed by atoms with Crippen molar-refractivity contribution in [3.8, 4) is 22.3 Å². The highest BCUT2D eigenvalue weighted by Crippen LogP contribution is 2.53. The van der Waals surface area contributed by atoms with Gasteiger partial charge in [0.25, 0.3) is 0 Å². The Bertz CT molecular complexity index is 2060. The fourth-order valence-electron chi connectivity index (χ4n) is 6.83. The van der Waals surface area contributed by atoms with Crippen molar-refractivity contribution in [2.45, 2.75) is 12.8 Å². The molecular formula is C33H20N2. The van der Waals surface area contributed by atoms with Crippen LogP contribution < -0.4 is 0 Å². The van der Waals surface area contributed by atoms with E-state index in [1.54, 1.807) is 0 Å². The molecule has 0 saturated heterocycles. The molecule has 2 heteroatoms. The second kappa shape index (κ2) is 6.17. The molecule has 0 saturated carbocycles. The van der Waals surface area contributed by atoms with Crippen LogP contribution in [0, 0.1) is 0 Å². The number of benzene rings is 5. The zero-order valence-corrected chi connectivity index (χ0v) is 19.0. The lowest BCUT2D eigenvalue weighted by atomic mass is 9.92. The highest BCUT2D eigenvalue weighted by molar-refractivity contribution is 6.16. The normalized spacial score (nSPS) is 13.5. The van der Waals surface area contributed by atoms with Gasteiger partial charge in [-0.05, 0) is 56.0 Å². The predicted molar refractivity (Wildman–Crippen MR) is 144 cm³/mol. The number of fused-ring (bicyclic) bond motifs is 17. The molecule has 0 atom stereocenters. The van der Waals surface area contributed by atoms with E-state index in [0.717, 1.165) is 18.5 Å². The highest BCUT2D eigenvalue weighted by atomic mass is 15.0. The summed E-state index contributed by atoms with van der Waals surface area (Å²) in [5, 5.41) is 3.77. The number of aromatic nitrogens is 2. The molecule has 0 aliphatic heterocycles. The molecule has 2 aromatic heterocycles. The van der Waals surface area contributed by atoms with Crippen molar-refractivity contribution in [3.05, 3.63) is 119 Å². The molecule has 5 aromatic carbocycles. The molecule has 2 aliphatic rings. The van der Waals surface area contributed by atoms with Gasteiger partial charge in [-0.25, -0.2) is 4.98 Å². The third-order valence-corrected chi connectivity index (χ3v) is 8.21. The third-order valence-electron chi connectivity index (χ3n) is 8.21. The number of rotatable bonds is 0. The Morgan fingerprint density at radius 2 is 1.11 bits per heavy atom. The first-order valence-corrected chi connectivity index (χ1v) is 12.3. The van der Waals surface area contributed by atoms with Gasteiger partial charge in [-0.3, -0.25) is 4.40 Å². The molecule has 0 N–H and O–H groups in total. The van der Waals surface area contributed by atoms with Gasteiger partial charge in [0.15, 0.2) is 0 Å². The van der Waals surface area contributed by atoms with Crippen LogP contribution in [-0.2, 0) is 12.8 Å². The Labute approximate surface area is 202 Å². The van der Waals surface area contributed by atoms with Crippen molar-refractivity contribution in [1.82, 2.24) is 9.38 Å². The molecule has 2 aliphatic carbocycles. The lowest BCUT2D eigenvalue weighted by Gasteiger charge is -2.14. The number of hydrogen-bond donors (Lipinski definition) is 0. The summed E-state index contributed by atoms with van der Waals surface area (Å²) in [6.45, 7) is 0. The van der Waals surface area contributed by atoms with Crippen LogP contribution in [0.1, 0.15) is 22.3 Å². The van der Waals surface area contributed by atoms with Crippen LogP contribution >= 0.6 is 0 Å². The van der Waals surface area contributed by atoms with E-state index in [-0.39, 0.29) is 0 Å². The van der Waals surface area contributed by atoms with E-state index in [1.165, 1.54) is 77.2 Å². The van der Waals surface area contributed by atoms with Crippen molar-refractivity contribution in [2.24, 2.45) is 0 Å². The van der Waals surface area contributed by atoms with Gasteiger partial charge in [0, 0.05) is 23.6 Å². The first-order chi connectivity index (χ1) is 17.4. The maximum Gasteiger partial charge on any atom is 0.146 e. The molecule has 0 spiro atoms. The minimum absolute atomic E-state index is 0.942. The van der Waals surface area contributed by atoms with Gasteiger partial charge >= 0.3 is 0 Å². The van der Waals surface area contributed by atoms with Gasteiger partial charge in [0.1, 0.15) is 5.65 Å². The van der Waals surface area contributed by atoms with Crippen molar-refractivity contribution >= 4 is 38.4 Å². The molecule has 0 bridgehead atoms. The molecule has 0 fully saturated rings. The number of pyridine rings is 1. The highest BCUT2D eigenvalue weighted by Gasteiger charge is 2.34. The van der Waals surface area contributed by atoms with Gasteiger partial charge in [0.05, 0.1) is 16.6 Å². The summed E-state index contributed by atoms with van der Waals surface area (Å²) in [6, 6.07) is 35.4. The van der Waals surface area contributed by atoms with E-state index in [1.807, 2.05) is 0 Å². The Morgan fingerprint density at radius 3 is 1.89 bits per heavy atom. The summed E-state index contributed by atoms with van der Waals surface area (Å²) in [7, 11) is 0. The van der Waals surface area contributed by atoms with Gasteiger partial charge in [0.2, 0.25) is 0 Å². The third kappa shape index (κ3) is 2.10.